The summed E-state index contributed by atoms with van der Waals surface area (Å²) in [6, 6.07) is 4.42. The molecule has 4 nitrogen and oxygen atoms in total. The van der Waals surface area contributed by atoms with Gasteiger partial charge in [0, 0.05) is 13.1 Å². The van der Waals surface area contributed by atoms with Crippen molar-refractivity contribution in [3.8, 4) is 0 Å². The maximum Gasteiger partial charge on any atom is 0.122 e. The van der Waals surface area contributed by atoms with Crippen molar-refractivity contribution in [3.63, 3.8) is 0 Å². The van der Waals surface area contributed by atoms with Gasteiger partial charge in [-0.25, -0.2) is 0 Å². The molecule has 1 saturated heterocycles. The van der Waals surface area contributed by atoms with Crippen molar-refractivity contribution in [3.05, 3.63) is 36.5 Å². The highest BCUT2D eigenvalue weighted by Gasteiger charge is 2.25. The van der Waals surface area contributed by atoms with Crippen LogP contribution < -0.4 is 5.32 Å². The second-order valence-corrected chi connectivity index (χ2v) is 5.64. The van der Waals surface area contributed by atoms with E-state index in [1.54, 1.807) is 6.26 Å². The fourth-order valence-electron chi connectivity index (χ4n) is 3.06. The van der Waals surface area contributed by atoms with E-state index in [1.807, 2.05) is 12.3 Å². The van der Waals surface area contributed by atoms with E-state index in [1.165, 1.54) is 25.9 Å². The molecular formula is C16H24N2O2. The molecule has 20 heavy (non-hydrogen) atoms. The summed E-state index contributed by atoms with van der Waals surface area (Å²) < 4.78 is 11.2. The maximum absolute atomic E-state index is 5.63. The summed E-state index contributed by atoms with van der Waals surface area (Å²) in [7, 11) is 0. The predicted molar refractivity (Wildman–Crippen MR) is 78.4 cm³/mol. The third-order valence-electron chi connectivity index (χ3n) is 4.19. The monoisotopic (exact) mass is 276 g/mol. The number of allylic oxidation sites excluding steroid dienone is 1. The summed E-state index contributed by atoms with van der Waals surface area (Å²) in [6.45, 7) is 4.19. The molecule has 0 saturated carbocycles. The Morgan fingerprint density at radius 3 is 2.95 bits per heavy atom. The van der Waals surface area contributed by atoms with Crippen LogP contribution in [0.1, 0.15) is 37.5 Å². The number of ether oxygens (including phenoxy) is 1. The van der Waals surface area contributed by atoms with Gasteiger partial charge in [0.2, 0.25) is 0 Å². The van der Waals surface area contributed by atoms with Crippen LogP contribution >= 0.6 is 0 Å². The van der Waals surface area contributed by atoms with Gasteiger partial charge < -0.3 is 14.5 Å². The fourth-order valence-corrected chi connectivity index (χ4v) is 3.06. The van der Waals surface area contributed by atoms with Crippen LogP contribution in [0.2, 0.25) is 0 Å². The largest absolute Gasteiger partial charge is 0.497 e. The zero-order valence-corrected chi connectivity index (χ0v) is 12.0. The lowest BCUT2D eigenvalue weighted by molar-refractivity contribution is 0.117. The summed E-state index contributed by atoms with van der Waals surface area (Å²) >= 11 is 0. The Morgan fingerprint density at radius 1 is 1.35 bits per heavy atom. The molecular weight excluding hydrogens is 252 g/mol. The lowest BCUT2D eigenvalue weighted by Gasteiger charge is -2.27. The highest BCUT2D eigenvalue weighted by atomic mass is 16.5. The van der Waals surface area contributed by atoms with Gasteiger partial charge in [0.05, 0.1) is 18.6 Å². The summed E-state index contributed by atoms with van der Waals surface area (Å²) in [4.78, 5) is 2.52. The molecule has 2 aliphatic rings. The van der Waals surface area contributed by atoms with Crippen molar-refractivity contribution in [2.24, 2.45) is 0 Å². The topological polar surface area (TPSA) is 37.6 Å². The Labute approximate surface area is 120 Å². The zero-order chi connectivity index (χ0) is 13.6. The molecule has 0 amide bonds. The summed E-state index contributed by atoms with van der Waals surface area (Å²) in [5.74, 6) is 1.07. The number of likely N-dealkylation sites (tertiary alicyclic amines) is 1. The lowest BCUT2D eigenvalue weighted by Crippen LogP contribution is -2.37. The van der Waals surface area contributed by atoms with Crippen LogP contribution in [-0.2, 0) is 4.74 Å². The minimum Gasteiger partial charge on any atom is -0.497 e. The molecule has 1 N–H and O–H groups in total. The van der Waals surface area contributed by atoms with Crippen LogP contribution in [0.3, 0.4) is 0 Å². The van der Waals surface area contributed by atoms with Gasteiger partial charge in [0.1, 0.15) is 11.9 Å². The van der Waals surface area contributed by atoms with E-state index in [0.717, 1.165) is 31.7 Å². The van der Waals surface area contributed by atoms with E-state index < -0.39 is 0 Å². The predicted octanol–water partition coefficient (Wildman–Crippen LogP) is 2.70. The lowest BCUT2D eigenvalue weighted by atomic mass is 10.1. The molecule has 2 unspecified atom stereocenters. The first-order valence-electron chi connectivity index (χ1n) is 7.72. The first kappa shape index (κ1) is 13.7. The van der Waals surface area contributed by atoms with E-state index in [0.29, 0.717) is 12.1 Å². The molecule has 0 radical (unpaired) electrons. The van der Waals surface area contributed by atoms with E-state index >= 15 is 0 Å². The Balaban J connectivity index is 1.52. The average molecular weight is 276 g/mol. The van der Waals surface area contributed by atoms with Gasteiger partial charge in [0.15, 0.2) is 0 Å². The van der Waals surface area contributed by atoms with Gasteiger partial charge in [-0.3, -0.25) is 4.90 Å². The third-order valence-corrected chi connectivity index (χ3v) is 4.19. The number of nitrogens with one attached hydrogen (secondary N) is 1. The number of rotatable bonds is 6. The molecule has 0 bridgehead atoms. The third kappa shape index (κ3) is 3.44. The Bertz CT molecular complexity index is 410. The van der Waals surface area contributed by atoms with E-state index in [4.69, 9.17) is 9.15 Å². The number of nitrogens with zero attached hydrogens (tertiary/aromatic N) is 1. The molecule has 1 aromatic rings. The highest BCUT2D eigenvalue weighted by Crippen LogP contribution is 2.24. The minimum atomic E-state index is 0.316. The zero-order valence-electron chi connectivity index (χ0n) is 12.0. The Morgan fingerprint density at radius 2 is 2.25 bits per heavy atom. The van der Waals surface area contributed by atoms with Crippen molar-refractivity contribution < 1.29 is 9.15 Å². The molecule has 1 aromatic heterocycles. The Hall–Kier alpha value is -1.26. The van der Waals surface area contributed by atoms with E-state index in [2.05, 4.69) is 22.4 Å². The molecule has 1 fully saturated rings. The SMILES string of the molecule is C1=COC(CNCC(c2ccco2)N2CCCC2)CC1. The fraction of sp³-hybridized carbons (Fsp3) is 0.625. The summed E-state index contributed by atoms with van der Waals surface area (Å²) in [5.41, 5.74) is 0. The van der Waals surface area contributed by atoms with Crippen LogP contribution in [0.5, 0.6) is 0 Å². The van der Waals surface area contributed by atoms with Crippen LogP contribution in [0.15, 0.2) is 35.2 Å². The van der Waals surface area contributed by atoms with Crippen molar-refractivity contribution >= 4 is 0 Å². The normalized spacial score (nSPS) is 24.7. The Kier molecular flexibility index (Phi) is 4.77. The molecule has 0 aliphatic carbocycles. The van der Waals surface area contributed by atoms with Gasteiger partial charge in [0.25, 0.3) is 0 Å². The summed E-state index contributed by atoms with van der Waals surface area (Å²) in [5, 5.41) is 3.56. The quantitative estimate of drug-likeness (QED) is 0.867. The first-order valence-corrected chi connectivity index (χ1v) is 7.72. The summed E-state index contributed by atoms with van der Waals surface area (Å²) in [6.07, 6.45) is 10.8. The van der Waals surface area contributed by atoms with E-state index in [9.17, 15) is 0 Å². The second-order valence-electron chi connectivity index (χ2n) is 5.64. The van der Waals surface area contributed by atoms with Crippen molar-refractivity contribution in [1.29, 1.82) is 0 Å². The van der Waals surface area contributed by atoms with Crippen LogP contribution in [0, 0.1) is 0 Å². The van der Waals surface area contributed by atoms with Gasteiger partial charge in [-0.15, -0.1) is 0 Å². The number of hydrogen-bond acceptors (Lipinski definition) is 4. The molecule has 0 spiro atoms. The number of furan rings is 1. The minimum absolute atomic E-state index is 0.316. The average Bonchev–Trinajstić information content (AvgIpc) is 3.18. The van der Waals surface area contributed by atoms with Crippen LogP contribution in [0.25, 0.3) is 0 Å². The molecule has 3 heterocycles. The van der Waals surface area contributed by atoms with Gasteiger partial charge in [-0.1, -0.05) is 0 Å². The van der Waals surface area contributed by atoms with Gasteiger partial charge >= 0.3 is 0 Å². The molecule has 2 atom stereocenters. The van der Waals surface area contributed by atoms with Crippen molar-refractivity contribution in [2.45, 2.75) is 37.8 Å². The number of hydrogen-bond donors (Lipinski definition) is 1. The van der Waals surface area contributed by atoms with Crippen LogP contribution in [0.4, 0.5) is 0 Å². The van der Waals surface area contributed by atoms with E-state index in [-0.39, 0.29) is 0 Å². The van der Waals surface area contributed by atoms with Gasteiger partial charge in [-0.05, 0) is 57.0 Å². The van der Waals surface area contributed by atoms with Crippen molar-refractivity contribution in [1.82, 2.24) is 10.2 Å². The second kappa shape index (κ2) is 6.95. The van der Waals surface area contributed by atoms with Crippen LogP contribution in [-0.4, -0.2) is 37.2 Å². The molecule has 3 rings (SSSR count). The molecule has 0 aromatic carbocycles. The maximum atomic E-state index is 5.63. The van der Waals surface area contributed by atoms with Crippen molar-refractivity contribution in [2.75, 3.05) is 26.2 Å². The smallest absolute Gasteiger partial charge is 0.122 e. The molecule has 110 valence electrons. The molecule has 4 heteroatoms. The molecule has 2 aliphatic heterocycles. The van der Waals surface area contributed by atoms with Gasteiger partial charge in [-0.2, -0.15) is 0 Å². The standard InChI is InChI=1S/C16H24N2O2/c1-4-10-19-14(6-1)12-17-13-15(16-7-5-11-20-16)18-8-2-3-9-18/h4-5,7,10-11,14-15,17H,1-3,6,8-9,12-13H2. The first-order chi connectivity index (χ1) is 9.93. The highest BCUT2D eigenvalue weighted by molar-refractivity contribution is 5.06.